The van der Waals surface area contributed by atoms with Crippen LogP contribution in [-0.4, -0.2) is 18.6 Å². The number of nitrogens with zero attached hydrogens (tertiary/aromatic N) is 1. The molecule has 0 amide bonds. The van der Waals surface area contributed by atoms with Gasteiger partial charge in [0.05, 0.1) is 0 Å². The Kier molecular flexibility index (Phi) is 3.06. The molecule has 1 aliphatic heterocycles. The van der Waals surface area contributed by atoms with Gasteiger partial charge in [-0.1, -0.05) is 37.5 Å². The van der Waals surface area contributed by atoms with Gasteiger partial charge in [-0.05, 0) is 30.9 Å². The zero-order valence-electron chi connectivity index (χ0n) is 10.4. The first kappa shape index (κ1) is 11.1. The van der Waals surface area contributed by atoms with Gasteiger partial charge in [0, 0.05) is 24.3 Å². The lowest BCUT2D eigenvalue weighted by Crippen LogP contribution is -2.46. The van der Waals surface area contributed by atoms with Crippen molar-refractivity contribution in [1.82, 2.24) is 0 Å². The van der Waals surface area contributed by atoms with Crippen molar-refractivity contribution in [1.29, 1.82) is 0 Å². The van der Waals surface area contributed by atoms with Crippen molar-refractivity contribution in [2.45, 2.75) is 50.6 Å². The summed E-state index contributed by atoms with van der Waals surface area (Å²) in [5, 5.41) is 0. The predicted molar refractivity (Wildman–Crippen MR) is 72.3 cm³/mol. The molecule has 0 bridgehead atoms. The van der Waals surface area contributed by atoms with Gasteiger partial charge in [-0.15, -0.1) is 0 Å². The largest absolute Gasteiger partial charge is 0.366 e. The van der Waals surface area contributed by atoms with Gasteiger partial charge in [-0.2, -0.15) is 0 Å². The Morgan fingerprint density at radius 3 is 2.82 bits per heavy atom. The highest BCUT2D eigenvalue weighted by molar-refractivity contribution is 5.58. The SMILES string of the molecule is NC1CCCCCC1N1CCc2ccccc21. The van der Waals surface area contributed by atoms with Gasteiger partial charge in [-0.3, -0.25) is 0 Å². The maximum atomic E-state index is 6.37. The van der Waals surface area contributed by atoms with Crippen molar-refractivity contribution in [3.05, 3.63) is 29.8 Å². The molecule has 1 heterocycles. The van der Waals surface area contributed by atoms with E-state index in [1.54, 1.807) is 0 Å². The molecule has 2 atom stereocenters. The third kappa shape index (κ3) is 2.06. The standard InChI is InChI=1S/C15H22N2/c16-13-7-2-1-3-9-15(13)17-11-10-12-6-4-5-8-14(12)17/h4-6,8,13,15H,1-3,7,9-11,16H2. The Morgan fingerprint density at radius 2 is 1.88 bits per heavy atom. The van der Waals surface area contributed by atoms with Gasteiger partial charge in [0.2, 0.25) is 0 Å². The van der Waals surface area contributed by atoms with E-state index in [9.17, 15) is 0 Å². The summed E-state index contributed by atoms with van der Waals surface area (Å²) >= 11 is 0. The number of hydrogen-bond donors (Lipinski definition) is 1. The molecule has 2 nitrogen and oxygen atoms in total. The van der Waals surface area contributed by atoms with E-state index in [0.29, 0.717) is 12.1 Å². The van der Waals surface area contributed by atoms with E-state index in [1.165, 1.54) is 49.8 Å². The lowest BCUT2D eigenvalue weighted by Gasteiger charge is -2.33. The normalized spacial score (nSPS) is 28.9. The molecule has 2 aliphatic rings. The molecule has 92 valence electrons. The molecule has 3 rings (SSSR count). The van der Waals surface area contributed by atoms with Crippen molar-refractivity contribution in [2.24, 2.45) is 5.73 Å². The van der Waals surface area contributed by atoms with Crippen LogP contribution in [0.3, 0.4) is 0 Å². The summed E-state index contributed by atoms with van der Waals surface area (Å²) in [6.07, 6.45) is 7.68. The highest BCUT2D eigenvalue weighted by Crippen LogP contribution is 2.33. The van der Waals surface area contributed by atoms with Gasteiger partial charge in [-0.25, -0.2) is 0 Å². The van der Waals surface area contributed by atoms with Crippen LogP contribution in [0.5, 0.6) is 0 Å². The summed E-state index contributed by atoms with van der Waals surface area (Å²) in [6.45, 7) is 1.16. The van der Waals surface area contributed by atoms with Crippen molar-refractivity contribution in [2.75, 3.05) is 11.4 Å². The molecule has 2 N–H and O–H groups in total. The van der Waals surface area contributed by atoms with Crippen LogP contribution in [0.1, 0.15) is 37.7 Å². The lowest BCUT2D eigenvalue weighted by molar-refractivity contribution is 0.469. The summed E-state index contributed by atoms with van der Waals surface area (Å²) in [7, 11) is 0. The maximum Gasteiger partial charge on any atom is 0.0441 e. The molecular formula is C15H22N2. The fraction of sp³-hybridized carbons (Fsp3) is 0.600. The van der Waals surface area contributed by atoms with Crippen LogP contribution in [0.15, 0.2) is 24.3 Å². The first-order valence-corrected chi connectivity index (χ1v) is 6.96. The van der Waals surface area contributed by atoms with Gasteiger partial charge in [0.1, 0.15) is 0 Å². The average Bonchev–Trinajstić information content (AvgIpc) is 2.66. The minimum atomic E-state index is 0.364. The number of hydrogen-bond acceptors (Lipinski definition) is 2. The zero-order valence-corrected chi connectivity index (χ0v) is 10.4. The van der Waals surface area contributed by atoms with Gasteiger partial charge in [0.15, 0.2) is 0 Å². The van der Waals surface area contributed by atoms with Crippen molar-refractivity contribution in [3.63, 3.8) is 0 Å². The van der Waals surface area contributed by atoms with E-state index >= 15 is 0 Å². The molecule has 1 aliphatic carbocycles. The number of nitrogens with two attached hydrogens (primary N) is 1. The summed E-state index contributed by atoms with van der Waals surface area (Å²) < 4.78 is 0. The molecule has 1 aromatic rings. The number of anilines is 1. The number of fused-ring (bicyclic) bond motifs is 1. The highest BCUT2D eigenvalue weighted by atomic mass is 15.2. The molecule has 0 aromatic heterocycles. The summed E-state index contributed by atoms with van der Waals surface area (Å²) in [5.74, 6) is 0. The first-order valence-electron chi connectivity index (χ1n) is 6.96. The van der Waals surface area contributed by atoms with Gasteiger partial charge >= 0.3 is 0 Å². The van der Waals surface area contributed by atoms with E-state index in [-0.39, 0.29) is 0 Å². The van der Waals surface area contributed by atoms with Crippen LogP contribution in [-0.2, 0) is 6.42 Å². The molecule has 0 saturated heterocycles. The summed E-state index contributed by atoms with van der Waals surface area (Å²) in [5.41, 5.74) is 9.32. The topological polar surface area (TPSA) is 29.3 Å². The molecule has 2 heteroatoms. The maximum absolute atomic E-state index is 6.37. The quantitative estimate of drug-likeness (QED) is 0.752. The second-order valence-electron chi connectivity index (χ2n) is 5.44. The predicted octanol–water partition coefficient (Wildman–Crippen LogP) is 2.71. The molecule has 1 aromatic carbocycles. The molecule has 2 unspecified atom stereocenters. The Hall–Kier alpha value is -1.02. The van der Waals surface area contributed by atoms with Gasteiger partial charge in [0.25, 0.3) is 0 Å². The Balaban J connectivity index is 1.85. The van der Waals surface area contributed by atoms with Crippen LogP contribution >= 0.6 is 0 Å². The van der Waals surface area contributed by atoms with Crippen LogP contribution in [0.25, 0.3) is 0 Å². The fourth-order valence-electron chi connectivity index (χ4n) is 3.41. The molecule has 17 heavy (non-hydrogen) atoms. The molecule has 0 spiro atoms. The highest BCUT2D eigenvalue weighted by Gasteiger charge is 2.30. The van der Waals surface area contributed by atoms with Crippen molar-refractivity contribution < 1.29 is 0 Å². The molecule has 1 fully saturated rings. The van der Waals surface area contributed by atoms with Crippen molar-refractivity contribution in [3.8, 4) is 0 Å². The second-order valence-corrected chi connectivity index (χ2v) is 5.44. The molecular weight excluding hydrogens is 208 g/mol. The molecule has 0 radical (unpaired) electrons. The van der Waals surface area contributed by atoms with E-state index in [2.05, 4.69) is 29.2 Å². The zero-order chi connectivity index (χ0) is 11.7. The fourth-order valence-corrected chi connectivity index (χ4v) is 3.41. The Morgan fingerprint density at radius 1 is 1.06 bits per heavy atom. The van der Waals surface area contributed by atoms with Crippen LogP contribution in [0.4, 0.5) is 5.69 Å². The number of benzene rings is 1. The monoisotopic (exact) mass is 230 g/mol. The third-order valence-electron chi connectivity index (χ3n) is 4.35. The molecule has 1 saturated carbocycles. The van der Waals surface area contributed by atoms with Crippen LogP contribution < -0.4 is 10.6 Å². The Bertz CT molecular complexity index is 388. The van der Waals surface area contributed by atoms with Crippen molar-refractivity contribution >= 4 is 5.69 Å². The minimum absolute atomic E-state index is 0.364. The third-order valence-corrected chi connectivity index (χ3v) is 4.35. The van der Waals surface area contributed by atoms with E-state index in [4.69, 9.17) is 5.73 Å². The lowest BCUT2D eigenvalue weighted by atomic mass is 10.0. The van der Waals surface area contributed by atoms with E-state index in [0.717, 1.165) is 6.54 Å². The average molecular weight is 230 g/mol. The number of para-hydroxylation sites is 1. The van der Waals surface area contributed by atoms with Crippen LogP contribution in [0, 0.1) is 0 Å². The minimum Gasteiger partial charge on any atom is -0.366 e. The van der Waals surface area contributed by atoms with Gasteiger partial charge < -0.3 is 10.6 Å². The smallest absolute Gasteiger partial charge is 0.0441 e. The summed E-state index contributed by atoms with van der Waals surface area (Å²) in [6, 6.07) is 9.76. The van der Waals surface area contributed by atoms with E-state index < -0.39 is 0 Å². The summed E-state index contributed by atoms with van der Waals surface area (Å²) in [4.78, 5) is 2.57. The number of rotatable bonds is 1. The van der Waals surface area contributed by atoms with E-state index in [1.807, 2.05) is 0 Å². The first-order chi connectivity index (χ1) is 8.36. The van der Waals surface area contributed by atoms with Crippen LogP contribution in [0.2, 0.25) is 0 Å². The second kappa shape index (κ2) is 4.69. The Labute approximate surface area is 104 Å².